The highest BCUT2D eigenvalue weighted by molar-refractivity contribution is 5.75. The molecule has 5 aliphatic rings. The first-order valence-electron chi connectivity index (χ1n) is 14.0. The van der Waals surface area contributed by atoms with Crippen molar-refractivity contribution in [2.45, 2.75) is 118 Å². The van der Waals surface area contributed by atoms with Crippen LogP contribution in [0.3, 0.4) is 0 Å². The molecule has 0 aromatic heterocycles. The van der Waals surface area contributed by atoms with Gasteiger partial charge in [-0.05, 0) is 97.7 Å². The van der Waals surface area contributed by atoms with Gasteiger partial charge in [-0.15, -0.1) is 0 Å². The van der Waals surface area contributed by atoms with E-state index in [0.717, 1.165) is 44.9 Å². The van der Waals surface area contributed by atoms with E-state index in [1.165, 1.54) is 5.57 Å². The third-order valence-corrected chi connectivity index (χ3v) is 13.6. The molecule has 4 fully saturated rings. The van der Waals surface area contributed by atoms with E-state index in [9.17, 15) is 25.2 Å². The zero-order chi connectivity index (χ0) is 26.0. The van der Waals surface area contributed by atoms with Crippen molar-refractivity contribution < 1.29 is 25.2 Å². The van der Waals surface area contributed by atoms with Crippen molar-refractivity contribution in [2.75, 3.05) is 0 Å². The molecule has 0 radical (unpaired) electrons. The van der Waals surface area contributed by atoms with Crippen LogP contribution in [0, 0.1) is 50.2 Å². The van der Waals surface area contributed by atoms with Crippen molar-refractivity contribution in [1.29, 1.82) is 0 Å². The SMILES string of the molecule is CC1(C(=O)O)C[C@@H]2C3=CC[C@@H]4[C@@]5(C)CC[C@H](O)C(C)(C)C5CC[C@@]4(C)[C@]3(C)CC[C@@]2(C)[C@H](O)[C@@H]1O. The number of fused-ring (bicyclic) bond motifs is 7. The van der Waals surface area contributed by atoms with Crippen LogP contribution in [0.4, 0.5) is 0 Å². The lowest BCUT2D eigenvalue weighted by Crippen LogP contribution is -2.67. The standard InChI is InChI=1S/C30H48O5/c1-25(2)19-10-13-30(7)20(27(19,4)12-11-21(25)31)9-8-17-18-16-28(5,24(34)35)23(33)22(32)26(18,3)14-15-29(17,30)6/h8,18-23,31-33H,9-16H2,1-7H3,(H,34,35)/t18-,19?,20-,21+,22-,23+,26-,27+,28?,29-,30-/m1/s1. The molecule has 5 heteroatoms. The molecule has 0 spiro atoms. The molecule has 11 atom stereocenters. The molecule has 35 heavy (non-hydrogen) atoms. The van der Waals surface area contributed by atoms with Gasteiger partial charge >= 0.3 is 5.97 Å². The Morgan fingerprint density at radius 1 is 0.829 bits per heavy atom. The highest BCUT2D eigenvalue weighted by atomic mass is 16.4. The van der Waals surface area contributed by atoms with Gasteiger partial charge in [0.2, 0.25) is 0 Å². The molecule has 5 nitrogen and oxygen atoms in total. The third kappa shape index (κ3) is 2.90. The number of carboxylic acid groups (broad SMARTS) is 1. The molecule has 0 aliphatic heterocycles. The molecule has 5 rings (SSSR count). The van der Waals surface area contributed by atoms with Gasteiger partial charge in [0, 0.05) is 5.41 Å². The summed E-state index contributed by atoms with van der Waals surface area (Å²) in [6.07, 6.45) is 7.16. The average molecular weight is 489 g/mol. The fraction of sp³-hybridized carbons (Fsp3) is 0.900. The maximum Gasteiger partial charge on any atom is 0.312 e. The van der Waals surface area contributed by atoms with Crippen LogP contribution in [-0.2, 0) is 4.79 Å². The summed E-state index contributed by atoms with van der Waals surface area (Å²) in [6.45, 7) is 15.6. The predicted molar refractivity (Wildman–Crippen MR) is 135 cm³/mol. The first kappa shape index (κ1) is 25.7. The minimum Gasteiger partial charge on any atom is -0.481 e. The predicted octanol–water partition coefficient (Wildman–Crippen LogP) is 5.18. The molecule has 4 saturated carbocycles. The van der Waals surface area contributed by atoms with Crippen molar-refractivity contribution in [3.8, 4) is 0 Å². The second-order valence-electron chi connectivity index (χ2n) is 15.0. The highest BCUT2D eigenvalue weighted by Crippen LogP contribution is 2.75. The Bertz CT molecular complexity index is 956. The van der Waals surface area contributed by atoms with E-state index in [-0.39, 0.29) is 33.7 Å². The van der Waals surface area contributed by atoms with E-state index < -0.39 is 29.0 Å². The molecule has 2 unspecified atom stereocenters. The minimum absolute atomic E-state index is 0.0475. The van der Waals surface area contributed by atoms with E-state index in [1.807, 2.05) is 0 Å². The van der Waals surface area contributed by atoms with Gasteiger partial charge in [0.25, 0.3) is 0 Å². The smallest absolute Gasteiger partial charge is 0.312 e. The Kier molecular flexibility index (Phi) is 5.40. The third-order valence-electron chi connectivity index (χ3n) is 13.6. The van der Waals surface area contributed by atoms with Crippen molar-refractivity contribution in [1.82, 2.24) is 0 Å². The molecular formula is C30H48O5. The Morgan fingerprint density at radius 3 is 2.11 bits per heavy atom. The first-order chi connectivity index (χ1) is 16.0. The number of allylic oxidation sites excluding steroid dienone is 2. The van der Waals surface area contributed by atoms with Gasteiger partial charge in [-0.1, -0.05) is 53.2 Å². The Hall–Kier alpha value is -0.910. The summed E-state index contributed by atoms with van der Waals surface area (Å²) in [7, 11) is 0. The lowest BCUT2D eigenvalue weighted by Gasteiger charge is -2.71. The topological polar surface area (TPSA) is 98.0 Å². The fourth-order valence-electron chi connectivity index (χ4n) is 10.7. The van der Waals surface area contributed by atoms with Crippen LogP contribution in [0.1, 0.15) is 99.8 Å². The largest absolute Gasteiger partial charge is 0.481 e. The molecule has 0 bridgehead atoms. The Labute approximate surface area is 211 Å². The van der Waals surface area contributed by atoms with E-state index in [1.54, 1.807) is 6.92 Å². The van der Waals surface area contributed by atoms with Crippen molar-refractivity contribution in [3.05, 3.63) is 11.6 Å². The monoisotopic (exact) mass is 488 g/mol. The number of aliphatic hydroxyl groups excluding tert-OH is 3. The van der Waals surface area contributed by atoms with Crippen LogP contribution in [0.5, 0.6) is 0 Å². The first-order valence-corrected chi connectivity index (χ1v) is 14.0. The molecular weight excluding hydrogens is 440 g/mol. The summed E-state index contributed by atoms with van der Waals surface area (Å²) in [6, 6.07) is 0. The van der Waals surface area contributed by atoms with Crippen LogP contribution in [0.15, 0.2) is 11.6 Å². The van der Waals surface area contributed by atoms with Gasteiger partial charge in [-0.2, -0.15) is 0 Å². The molecule has 0 heterocycles. The van der Waals surface area contributed by atoms with Crippen molar-refractivity contribution in [3.63, 3.8) is 0 Å². The van der Waals surface area contributed by atoms with Gasteiger partial charge in [0.05, 0.1) is 23.7 Å². The normalized spacial score (nSPS) is 57.1. The quantitative estimate of drug-likeness (QED) is 0.382. The summed E-state index contributed by atoms with van der Waals surface area (Å²) in [4.78, 5) is 12.3. The summed E-state index contributed by atoms with van der Waals surface area (Å²) >= 11 is 0. The minimum atomic E-state index is -1.35. The van der Waals surface area contributed by atoms with Gasteiger partial charge in [0.1, 0.15) is 0 Å². The Balaban J connectivity index is 1.59. The molecule has 0 saturated heterocycles. The number of carbonyl (C=O) groups is 1. The lowest BCUT2D eigenvalue weighted by molar-refractivity contribution is -0.222. The van der Waals surface area contributed by atoms with Crippen LogP contribution >= 0.6 is 0 Å². The zero-order valence-corrected chi connectivity index (χ0v) is 22.9. The number of carboxylic acids is 1. The summed E-state index contributed by atoms with van der Waals surface area (Å²) in [5, 5.41) is 43.2. The van der Waals surface area contributed by atoms with Gasteiger partial charge in [-0.25, -0.2) is 0 Å². The molecule has 0 aromatic rings. The molecule has 4 N–H and O–H groups in total. The van der Waals surface area contributed by atoms with Crippen molar-refractivity contribution in [2.24, 2.45) is 50.2 Å². The number of hydrogen-bond acceptors (Lipinski definition) is 4. The number of hydrogen-bond donors (Lipinski definition) is 4. The van der Waals surface area contributed by atoms with Crippen LogP contribution in [-0.4, -0.2) is 44.7 Å². The van der Waals surface area contributed by atoms with Gasteiger partial charge in [-0.3, -0.25) is 4.79 Å². The Morgan fingerprint density at radius 2 is 1.49 bits per heavy atom. The maximum absolute atomic E-state index is 12.3. The van der Waals surface area contributed by atoms with Crippen molar-refractivity contribution >= 4 is 5.97 Å². The average Bonchev–Trinajstić information content (AvgIpc) is 2.77. The van der Waals surface area contributed by atoms with E-state index in [0.29, 0.717) is 18.3 Å². The van der Waals surface area contributed by atoms with Gasteiger partial charge in [0.15, 0.2) is 0 Å². The zero-order valence-electron chi connectivity index (χ0n) is 22.9. The maximum atomic E-state index is 12.3. The molecule has 0 aromatic carbocycles. The van der Waals surface area contributed by atoms with Gasteiger partial charge < -0.3 is 20.4 Å². The highest BCUT2D eigenvalue weighted by Gasteiger charge is 2.70. The summed E-state index contributed by atoms with van der Waals surface area (Å²) in [5.74, 6) is -0.0571. The van der Waals surface area contributed by atoms with E-state index in [4.69, 9.17) is 0 Å². The number of aliphatic hydroxyl groups is 3. The molecule has 198 valence electrons. The fourth-order valence-corrected chi connectivity index (χ4v) is 10.7. The van der Waals surface area contributed by atoms with Crippen LogP contribution < -0.4 is 0 Å². The lowest BCUT2D eigenvalue weighted by atomic mass is 9.33. The summed E-state index contributed by atoms with van der Waals surface area (Å²) < 4.78 is 0. The van der Waals surface area contributed by atoms with E-state index >= 15 is 0 Å². The summed E-state index contributed by atoms with van der Waals surface area (Å²) in [5.41, 5.74) is -0.413. The molecule has 0 amide bonds. The number of aliphatic carboxylic acids is 1. The van der Waals surface area contributed by atoms with E-state index in [2.05, 4.69) is 47.6 Å². The molecule has 5 aliphatic carbocycles. The van der Waals surface area contributed by atoms with Crippen LogP contribution in [0.2, 0.25) is 0 Å². The number of rotatable bonds is 1. The van der Waals surface area contributed by atoms with Crippen LogP contribution in [0.25, 0.3) is 0 Å². The second kappa shape index (κ2) is 7.35. The second-order valence-corrected chi connectivity index (χ2v) is 15.0.